The van der Waals surface area contributed by atoms with Gasteiger partial charge in [-0.25, -0.2) is 4.68 Å². The molecule has 1 N–H and O–H groups in total. The molecule has 1 fully saturated rings. The van der Waals surface area contributed by atoms with Crippen LogP contribution >= 0.6 is 12.4 Å². The molecule has 0 spiro atoms. The fraction of sp³-hybridized carbons (Fsp3) is 0.333. The molecule has 0 saturated carbocycles. The first-order valence-electron chi connectivity index (χ1n) is 7.35. The third-order valence-corrected chi connectivity index (χ3v) is 4.04. The van der Waals surface area contributed by atoms with Crippen LogP contribution in [0.1, 0.15) is 16.9 Å². The van der Waals surface area contributed by atoms with Crippen molar-refractivity contribution in [2.75, 3.05) is 20.1 Å². The molecule has 0 radical (unpaired) electrons. The Balaban J connectivity index is 0.00000208. The summed E-state index contributed by atoms with van der Waals surface area (Å²) in [5, 5.41) is 18.5. The zero-order chi connectivity index (χ0) is 16.4. The Bertz CT molecular complexity index is 742. The number of nitrogens with one attached hydrogen (secondary N) is 1. The van der Waals surface area contributed by atoms with Gasteiger partial charge in [0.25, 0.3) is 11.6 Å². The van der Waals surface area contributed by atoms with Crippen molar-refractivity contribution in [1.29, 1.82) is 0 Å². The summed E-state index contributed by atoms with van der Waals surface area (Å²) < 4.78 is 1.37. The summed E-state index contributed by atoms with van der Waals surface area (Å²) >= 11 is 0. The molecule has 1 unspecified atom stereocenters. The minimum atomic E-state index is -0.463. The Kier molecular flexibility index (Phi) is 5.53. The molecular formula is C15H18ClN5O3. The third-order valence-electron chi connectivity index (χ3n) is 4.04. The molecular weight excluding hydrogens is 334 g/mol. The van der Waals surface area contributed by atoms with E-state index in [1.165, 1.54) is 10.7 Å². The van der Waals surface area contributed by atoms with Crippen LogP contribution in [0.5, 0.6) is 0 Å². The van der Waals surface area contributed by atoms with E-state index < -0.39 is 4.92 Å². The van der Waals surface area contributed by atoms with E-state index in [0.29, 0.717) is 5.69 Å². The highest BCUT2D eigenvalue weighted by Gasteiger charge is 2.26. The molecule has 2 heterocycles. The van der Waals surface area contributed by atoms with Crippen molar-refractivity contribution in [3.05, 3.63) is 52.3 Å². The van der Waals surface area contributed by atoms with Crippen LogP contribution in [0.15, 0.2) is 36.5 Å². The molecule has 1 saturated heterocycles. The van der Waals surface area contributed by atoms with Crippen LogP contribution in [-0.4, -0.2) is 51.7 Å². The van der Waals surface area contributed by atoms with Gasteiger partial charge in [0.15, 0.2) is 5.69 Å². The molecule has 128 valence electrons. The number of rotatable bonds is 4. The lowest BCUT2D eigenvalue weighted by Crippen LogP contribution is -2.38. The molecule has 1 aromatic heterocycles. The zero-order valence-electron chi connectivity index (χ0n) is 13.1. The normalized spacial score (nSPS) is 16.5. The zero-order valence-corrected chi connectivity index (χ0v) is 13.9. The van der Waals surface area contributed by atoms with E-state index in [0.717, 1.165) is 19.5 Å². The predicted molar refractivity (Wildman–Crippen MR) is 90.8 cm³/mol. The second kappa shape index (κ2) is 7.41. The van der Waals surface area contributed by atoms with Gasteiger partial charge in [-0.1, -0.05) is 12.1 Å². The van der Waals surface area contributed by atoms with Gasteiger partial charge >= 0.3 is 0 Å². The smallest absolute Gasteiger partial charge is 0.294 e. The monoisotopic (exact) mass is 351 g/mol. The molecule has 0 aliphatic carbocycles. The highest BCUT2D eigenvalue weighted by molar-refractivity contribution is 5.92. The second-order valence-electron chi connectivity index (χ2n) is 5.45. The summed E-state index contributed by atoms with van der Waals surface area (Å²) in [4.78, 5) is 24.8. The summed E-state index contributed by atoms with van der Waals surface area (Å²) in [6.45, 7) is 1.67. The molecule has 1 aliphatic heterocycles. The van der Waals surface area contributed by atoms with Crippen molar-refractivity contribution in [3.8, 4) is 5.69 Å². The lowest BCUT2D eigenvalue weighted by atomic mass is 10.2. The van der Waals surface area contributed by atoms with Gasteiger partial charge in [-0.15, -0.1) is 12.4 Å². The Morgan fingerprint density at radius 3 is 2.83 bits per heavy atom. The van der Waals surface area contributed by atoms with Crippen LogP contribution in [0.25, 0.3) is 5.69 Å². The minimum Gasteiger partial charge on any atom is -0.336 e. The van der Waals surface area contributed by atoms with E-state index >= 15 is 0 Å². The van der Waals surface area contributed by atoms with E-state index in [9.17, 15) is 14.9 Å². The molecule has 1 amide bonds. The number of hydrogen-bond donors (Lipinski definition) is 1. The molecule has 1 aromatic carbocycles. The van der Waals surface area contributed by atoms with E-state index in [4.69, 9.17) is 0 Å². The van der Waals surface area contributed by atoms with Crippen molar-refractivity contribution in [3.63, 3.8) is 0 Å². The van der Waals surface area contributed by atoms with E-state index in [1.54, 1.807) is 42.4 Å². The number of carbonyl (C=O) groups is 1. The van der Waals surface area contributed by atoms with Crippen LogP contribution in [0.4, 0.5) is 5.69 Å². The van der Waals surface area contributed by atoms with Gasteiger partial charge in [-0.05, 0) is 25.1 Å². The molecule has 8 nitrogen and oxygen atoms in total. The van der Waals surface area contributed by atoms with Gasteiger partial charge < -0.3 is 10.2 Å². The highest BCUT2D eigenvalue weighted by atomic mass is 35.5. The molecule has 24 heavy (non-hydrogen) atoms. The number of amides is 1. The molecule has 2 aromatic rings. The highest BCUT2D eigenvalue weighted by Crippen LogP contribution is 2.22. The Morgan fingerprint density at radius 1 is 1.42 bits per heavy atom. The fourth-order valence-corrected chi connectivity index (χ4v) is 2.70. The molecule has 1 aliphatic rings. The SMILES string of the molecule is CN(C(=O)c1ccn(-c2ccccc2[N+](=O)[O-])n1)C1CCNC1.Cl. The number of nitro benzene ring substituents is 1. The quantitative estimate of drug-likeness (QED) is 0.667. The number of carbonyl (C=O) groups excluding carboxylic acids is 1. The van der Waals surface area contributed by atoms with Crippen molar-refractivity contribution >= 4 is 24.0 Å². The van der Waals surface area contributed by atoms with Crippen LogP contribution in [-0.2, 0) is 0 Å². The first-order chi connectivity index (χ1) is 11.1. The number of likely N-dealkylation sites (N-methyl/N-ethyl adjacent to an activating group) is 1. The molecule has 0 bridgehead atoms. The van der Waals surface area contributed by atoms with Crippen LogP contribution in [0.3, 0.4) is 0 Å². The number of para-hydroxylation sites is 2. The Hall–Kier alpha value is -2.45. The molecule has 9 heteroatoms. The maximum atomic E-state index is 12.5. The summed E-state index contributed by atoms with van der Waals surface area (Å²) in [5.41, 5.74) is 0.558. The van der Waals surface area contributed by atoms with Gasteiger partial charge in [0, 0.05) is 31.9 Å². The summed E-state index contributed by atoms with van der Waals surface area (Å²) in [6.07, 6.45) is 2.48. The first-order valence-corrected chi connectivity index (χ1v) is 7.35. The van der Waals surface area contributed by atoms with Crippen LogP contribution < -0.4 is 5.32 Å². The van der Waals surface area contributed by atoms with E-state index in [1.807, 2.05) is 0 Å². The van der Waals surface area contributed by atoms with Crippen LogP contribution in [0, 0.1) is 10.1 Å². The van der Waals surface area contributed by atoms with E-state index in [-0.39, 0.29) is 35.7 Å². The number of aromatic nitrogens is 2. The van der Waals surface area contributed by atoms with Gasteiger partial charge in [-0.2, -0.15) is 5.10 Å². The summed E-state index contributed by atoms with van der Waals surface area (Å²) in [6, 6.07) is 8.04. The number of benzene rings is 1. The number of nitrogens with zero attached hydrogens (tertiary/aromatic N) is 4. The lowest BCUT2D eigenvalue weighted by molar-refractivity contribution is -0.384. The molecule has 3 rings (SSSR count). The summed E-state index contributed by atoms with van der Waals surface area (Å²) in [5.74, 6) is -0.184. The van der Waals surface area contributed by atoms with Gasteiger partial charge in [0.05, 0.1) is 4.92 Å². The predicted octanol–water partition coefficient (Wildman–Crippen LogP) is 1.64. The fourth-order valence-electron chi connectivity index (χ4n) is 2.70. The second-order valence-corrected chi connectivity index (χ2v) is 5.45. The van der Waals surface area contributed by atoms with E-state index in [2.05, 4.69) is 10.4 Å². The Morgan fingerprint density at radius 2 is 2.17 bits per heavy atom. The summed E-state index contributed by atoms with van der Waals surface area (Å²) in [7, 11) is 1.75. The van der Waals surface area contributed by atoms with Gasteiger partial charge in [0.1, 0.15) is 5.69 Å². The lowest BCUT2D eigenvalue weighted by Gasteiger charge is -2.22. The third kappa shape index (κ3) is 3.39. The minimum absolute atomic E-state index is 0. The van der Waals surface area contributed by atoms with Crippen molar-refractivity contribution in [2.24, 2.45) is 0 Å². The van der Waals surface area contributed by atoms with Crippen molar-refractivity contribution in [1.82, 2.24) is 20.0 Å². The topological polar surface area (TPSA) is 93.3 Å². The van der Waals surface area contributed by atoms with Gasteiger partial charge in [-0.3, -0.25) is 14.9 Å². The number of hydrogen-bond acceptors (Lipinski definition) is 5. The number of halogens is 1. The standard InChI is InChI=1S/C15H17N5O3.ClH/c1-18(11-6-8-16-10-11)15(21)12-7-9-19(17-12)13-4-2-3-5-14(13)20(22)23;/h2-5,7,9,11,16H,6,8,10H2,1H3;1H. The Labute approximate surface area is 145 Å². The largest absolute Gasteiger partial charge is 0.336 e. The first kappa shape index (κ1) is 17.9. The van der Waals surface area contributed by atoms with Crippen molar-refractivity contribution < 1.29 is 9.72 Å². The average Bonchev–Trinajstić information content (AvgIpc) is 3.25. The maximum absolute atomic E-state index is 12.5. The molecule has 1 atom stereocenters. The van der Waals surface area contributed by atoms with Crippen LogP contribution in [0.2, 0.25) is 0 Å². The van der Waals surface area contributed by atoms with Crippen molar-refractivity contribution in [2.45, 2.75) is 12.5 Å². The number of nitro groups is 1. The average molecular weight is 352 g/mol. The maximum Gasteiger partial charge on any atom is 0.294 e. The van der Waals surface area contributed by atoms with Gasteiger partial charge in [0.2, 0.25) is 0 Å².